The van der Waals surface area contributed by atoms with Crippen molar-refractivity contribution < 1.29 is 4.92 Å². The first-order valence-electron chi connectivity index (χ1n) is 5.58. The fourth-order valence-corrected chi connectivity index (χ4v) is 3.40. The number of nitro benzene ring substituents is 1. The van der Waals surface area contributed by atoms with Gasteiger partial charge in [0.15, 0.2) is 0 Å². The molecule has 2 N–H and O–H groups in total. The predicted molar refractivity (Wildman–Crippen MR) is 86.2 cm³/mol. The summed E-state index contributed by atoms with van der Waals surface area (Å²) < 4.78 is 0.948. The number of non-ortho nitro benzene ring substituents is 1. The Kier molecular flexibility index (Phi) is 4.91. The van der Waals surface area contributed by atoms with Crippen molar-refractivity contribution in [2.75, 3.05) is 5.73 Å². The third-order valence-electron chi connectivity index (χ3n) is 2.61. The van der Waals surface area contributed by atoms with Crippen molar-refractivity contribution in [3.05, 3.63) is 61.6 Å². The Labute approximate surface area is 133 Å². The van der Waals surface area contributed by atoms with Crippen LogP contribution in [0.5, 0.6) is 0 Å². The molecular formula is C13H10BrClN2O2S. The monoisotopic (exact) mass is 372 g/mol. The molecule has 0 unspecified atom stereocenters. The van der Waals surface area contributed by atoms with Crippen LogP contribution >= 0.6 is 39.3 Å². The van der Waals surface area contributed by atoms with Gasteiger partial charge in [-0.05, 0) is 29.8 Å². The van der Waals surface area contributed by atoms with Crippen LogP contribution in [0.25, 0.3) is 0 Å². The van der Waals surface area contributed by atoms with Gasteiger partial charge in [0.1, 0.15) is 0 Å². The lowest BCUT2D eigenvalue weighted by atomic mass is 10.2. The number of hydrogen-bond acceptors (Lipinski definition) is 4. The van der Waals surface area contributed by atoms with Gasteiger partial charge in [0, 0.05) is 32.9 Å². The molecular weight excluding hydrogens is 364 g/mol. The highest BCUT2D eigenvalue weighted by molar-refractivity contribution is 9.10. The van der Waals surface area contributed by atoms with E-state index < -0.39 is 4.92 Å². The molecule has 2 aromatic carbocycles. The van der Waals surface area contributed by atoms with E-state index in [9.17, 15) is 10.1 Å². The SMILES string of the molecule is Nc1ccc(Br)cc1SCc1ccc([N+](=O)[O-])cc1Cl. The van der Waals surface area contributed by atoms with Crippen LogP contribution in [-0.4, -0.2) is 4.92 Å². The van der Waals surface area contributed by atoms with Crippen molar-refractivity contribution >= 4 is 50.7 Å². The van der Waals surface area contributed by atoms with Gasteiger partial charge in [-0.15, -0.1) is 11.8 Å². The molecule has 0 heterocycles. The van der Waals surface area contributed by atoms with Gasteiger partial charge in [0.2, 0.25) is 0 Å². The van der Waals surface area contributed by atoms with Crippen LogP contribution in [-0.2, 0) is 5.75 Å². The Morgan fingerprint density at radius 3 is 2.70 bits per heavy atom. The highest BCUT2D eigenvalue weighted by atomic mass is 79.9. The van der Waals surface area contributed by atoms with Crippen LogP contribution in [0.15, 0.2) is 45.8 Å². The lowest BCUT2D eigenvalue weighted by molar-refractivity contribution is -0.384. The molecule has 2 rings (SSSR count). The molecule has 0 aliphatic heterocycles. The summed E-state index contributed by atoms with van der Waals surface area (Å²) in [6.45, 7) is 0. The van der Waals surface area contributed by atoms with Gasteiger partial charge >= 0.3 is 0 Å². The number of benzene rings is 2. The van der Waals surface area contributed by atoms with Gasteiger partial charge < -0.3 is 5.73 Å². The van der Waals surface area contributed by atoms with Crippen LogP contribution in [0, 0.1) is 10.1 Å². The molecule has 4 nitrogen and oxygen atoms in total. The molecule has 104 valence electrons. The van der Waals surface area contributed by atoms with Crippen molar-refractivity contribution in [3.8, 4) is 0 Å². The van der Waals surface area contributed by atoms with Crippen LogP contribution in [0.3, 0.4) is 0 Å². The van der Waals surface area contributed by atoms with E-state index in [4.69, 9.17) is 17.3 Å². The lowest BCUT2D eigenvalue weighted by Gasteiger charge is -2.07. The number of anilines is 1. The molecule has 7 heteroatoms. The fourth-order valence-electron chi connectivity index (χ4n) is 1.56. The zero-order chi connectivity index (χ0) is 14.7. The van der Waals surface area contributed by atoms with Crippen molar-refractivity contribution in [1.29, 1.82) is 0 Å². The first-order valence-corrected chi connectivity index (χ1v) is 7.73. The summed E-state index contributed by atoms with van der Waals surface area (Å²) in [6, 6.07) is 10.1. The Morgan fingerprint density at radius 1 is 1.30 bits per heavy atom. The smallest absolute Gasteiger partial charge is 0.270 e. The number of hydrogen-bond donors (Lipinski definition) is 1. The Morgan fingerprint density at radius 2 is 2.05 bits per heavy atom. The zero-order valence-corrected chi connectivity index (χ0v) is 13.3. The molecule has 20 heavy (non-hydrogen) atoms. The second-order valence-corrected chi connectivity index (χ2v) is 6.34. The van der Waals surface area contributed by atoms with E-state index in [-0.39, 0.29) is 5.69 Å². The summed E-state index contributed by atoms with van der Waals surface area (Å²) in [4.78, 5) is 11.1. The molecule has 0 aliphatic carbocycles. The number of halogens is 2. The van der Waals surface area contributed by atoms with Crippen molar-refractivity contribution in [2.24, 2.45) is 0 Å². The summed E-state index contributed by atoms with van der Waals surface area (Å²) in [5.41, 5.74) is 7.41. The lowest BCUT2D eigenvalue weighted by Crippen LogP contribution is -1.91. The number of rotatable bonds is 4. The van der Waals surface area contributed by atoms with Crippen molar-refractivity contribution in [2.45, 2.75) is 10.6 Å². The highest BCUT2D eigenvalue weighted by Crippen LogP contribution is 2.33. The number of nitrogens with zero attached hydrogens (tertiary/aromatic N) is 1. The first kappa shape index (κ1) is 15.2. The van der Waals surface area contributed by atoms with Gasteiger partial charge in [-0.25, -0.2) is 0 Å². The average Bonchev–Trinajstić information content (AvgIpc) is 2.40. The molecule has 0 radical (unpaired) electrons. The van der Waals surface area contributed by atoms with Gasteiger partial charge in [-0.2, -0.15) is 0 Å². The summed E-state index contributed by atoms with van der Waals surface area (Å²) in [5.74, 6) is 0.595. The maximum atomic E-state index is 10.6. The Hall–Kier alpha value is -1.24. The molecule has 0 fully saturated rings. The van der Waals surface area contributed by atoms with Gasteiger partial charge in [-0.1, -0.05) is 27.5 Å². The minimum absolute atomic E-state index is 0.00859. The number of thioether (sulfide) groups is 1. The van der Waals surface area contributed by atoms with Crippen LogP contribution < -0.4 is 5.73 Å². The van der Waals surface area contributed by atoms with E-state index in [2.05, 4.69) is 15.9 Å². The van der Waals surface area contributed by atoms with E-state index in [1.54, 1.807) is 6.07 Å². The van der Waals surface area contributed by atoms with Gasteiger partial charge in [0.05, 0.1) is 9.95 Å². The fraction of sp³-hybridized carbons (Fsp3) is 0.0769. The van der Waals surface area contributed by atoms with Gasteiger partial charge in [0.25, 0.3) is 5.69 Å². The first-order chi connectivity index (χ1) is 9.47. The number of nitrogens with two attached hydrogens (primary N) is 1. The van der Waals surface area contributed by atoms with E-state index >= 15 is 0 Å². The highest BCUT2D eigenvalue weighted by Gasteiger charge is 2.10. The van der Waals surface area contributed by atoms with E-state index in [1.807, 2.05) is 18.2 Å². The summed E-state index contributed by atoms with van der Waals surface area (Å²) >= 11 is 11.0. The molecule has 0 aliphatic rings. The minimum atomic E-state index is -0.463. The molecule has 0 bridgehead atoms. The normalized spacial score (nSPS) is 10.5. The largest absolute Gasteiger partial charge is 0.398 e. The van der Waals surface area contributed by atoms with Crippen LogP contribution in [0.4, 0.5) is 11.4 Å². The molecule has 2 aromatic rings. The summed E-state index contributed by atoms with van der Waals surface area (Å²) in [7, 11) is 0. The Balaban J connectivity index is 2.15. The number of nitro groups is 1. The maximum Gasteiger partial charge on any atom is 0.270 e. The van der Waals surface area contributed by atoms with Crippen molar-refractivity contribution in [1.82, 2.24) is 0 Å². The summed E-state index contributed by atoms with van der Waals surface area (Å²) in [6.07, 6.45) is 0. The van der Waals surface area contributed by atoms with E-state index in [0.29, 0.717) is 16.5 Å². The third kappa shape index (κ3) is 3.65. The zero-order valence-electron chi connectivity index (χ0n) is 10.2. The molecule has 0 saturated carbocycles. The molecule has 0 spiro atoms. The summed E-state index contributed by atoms with van der Waals surface area (Å²) in [5, 5.41) is 11.0. The maximum absolute atomic E-state index is 10.6. The molecule has 0 saturated heterocycles. The topological polar surface area (TPSA) is 69.2 Å². The average molecular weight is 374 g/mol. The minimum Gasteiger partial charge on any atom is -0.398 e. The Bertz CT molecular complexity index is 667. The molecule has 0 aromatic heterocycles. The second-order valence-electron chi connectivity index (χ2n) is 4.00. The van der Waals surface area contributed by atoms with E-state index in [1.165, 1.54) is 23.9 Å². The van der Waals surface area contributed by atoms with Crippen LogP contribution in [0.2, 0.25) is 5.02 Å². The van der Waals surface area contributed by atoms with Crippen molar-refractivity contribution in [3.63, 3.8) is 0 Å². The van der Waals surface area contributed by atoms with Crippen LogP contribution in [0.1, 0.15) is 5.56 Å². The standard InChI is InChI=1S/C13H10BrClN2O2S/c14-9-2-4-12(16)13(5-9)20-7-8-1-3-10(17(18)19)6-11(8)15/h1-6H,7,16H2. The second kappa shape index (κ2) is 6.47. The molecule has 0 atom stereocenters. The number of nitrogen functional groups attached to an aromatic ring is 1. The predicted octanol–water partition coefficient (Wildman–Crippen LogP) is 4.89. The third-order valence-corrected chi connectivity index (χ3v) is 4.57. The molecule has 0 amide bonds. The quantitative estimate of drug-likeness (QED) is 0.359. The van der Waals surface area contributed by atoms with E-state index in [0.717, 1.165) is 14.9 Å². The van der Waals surface area contributed by atoms with Gasteiger partial charge in [-0.3, -0.25) is 10.1 Å².